The third kappa shape index (κ3) is 3.50. The van der Waals surface area contributed by atoms with Gasteiger partial charge in [0.05, 0.1) is 13.0 Å². The van der Waals surface area contributed by atoms with Crippen molar-refractivity contribution in [3.63, 3.8) is 0 Å². The van der Waals surface area contributed by atoms with E-state index in [4.69, 9.17) is 21.1 Å². The van der Waals surface area contributed by atoms with Crippen molar-refractivity contribution in [3.05, 3.63) is 98.6 Å². The number of hydrogen-bond donors (Lipinski definition) is 1. The van der Waals surface area contributed by atoms with Gasteiger partial charge < -0.3 is 14.8 Å². The number of fused-ring (bicyclic) bond motifs is 4. The second-order valence-corrected chi connectivity index (χ2v) is 10.1. The molecule has 1 N–H and O–H groups in total. The Morgan fingerprint density at radius 1 is 1.14 bits per heavy atom. The largest absolute Gasteiger partial charge is 0.493 e. The Morgan fingerprint density at radius 2 is 1.92 bits per heavy atom. The van der Waals surface area contributed by atoms with Gasteiger partial charge in [-0.2, -0.15) is 0 Å². The number of nitrogens with zero attached hydrogens (tertiary/aromatic N) is 2. The molecule has 3 aromatic carbocycles. The van der Waals surface area contributed by atoms with Gasteiger partial charge in [0, 0.05) is 39.3 Å². The minimum Gasteiger partial charge on any atom is -0.493 e. The number of rotatable bonds is 6. The van der Waals surface area contributed by atoms with Gasteiger partial charge in [-0.05, 0) is 42.7 Å². The Kier molecular flexibility index (Phi) is 5.81. The van der Waals surface area contributed by atoms with E-state index in [0.29, 0.717) is 34.3 Å². The number of amides is 1. The first kappa shape index (κ1) is 23.8. The Bertz CT molecular complexity index is 1400. The van der Waals surface area contributed by atoms with E-state index in [1.807, 2.05) is 54.6 Å². The van der Waals surface area contributed by atoms with Crippen LogP contribution in [-0.2, 0) is 16.9 Å². The highest BCUT2D eigenvalue weighted by atomic mass is 35.5. The van der Waals surface area contributed by atoms with Crippen LogP contribution >= 0.6 is 11.6 Å². The predicted molar refractivity (Wildman–Crippen MR) is 139 cm³/mol. The molecule has 8 nitrogen and oxygen atoms in total. The number of halogens is 1. The zero-order valence-corrected chi connectivity index (χ0v) is 21.0. The van der Waals surface area contributed by atoms with Crippen LogP contribution in [0.5, 0.6) is 11.5 Å². The molecule has 1 amide bonds. The number of benzene rings is 3. The van der Waals surface area contributed by atoms with Crippen LogP contribution in [0.1, 0.15) is 35.4 Å². The van der Waals surface area contributed by atoms with Crippen molar-refractivity contribution in [2.24, 2.45) is 0 Å². The molecule has 0 aromatic heterocycles. The van der Waals surface area contributed by atoms with Gasteiger partial charge in [0.1, 0.15) is 6.61 Å². The van der Waals surface area contributed by atoms with Crippen LogP contribution in [0.4, 0.5) is 5.69 Å². The van der Waals surface area contributed by atoms with Gasteiger partial charge in [-0.25, -0.2) is 0 Å². The van der Waals surface area contributed by atoms with E-state index in [9.17, 15) is 14.9 Å². The smallest absolute Gasteiger partial charge is 0.256 e. The first-order valence-electron chi connectivity index (χ1n) is 12.3. The lowest BCUT2D eigenvalue weighted by Crippen LogP contribution is -2.55. The summed E-state index contributed by atoms with van der Waals surface area (Å²) in [6, 6.07) is 18.9. The van der Waals surface area contributed by atoms with Crippen molar-refractivity contribution in [2.45, 2.75) is 43.0 Å². The van der Waals surface area contributed by atoms with Crippen molar-refractivity contribution < 1.29 is 19.2 Å². The van der Waals surface area contributed by atoms with Crippen LogP contribution in [0.15, 0.2) is 66.7 Å². The predicted octanol–water partition coefficient (Wildman–Crippen LogP) is 4.98. The molecule has 4 atom stereocenters. The molecular formula is C28H26ClN3O5. The lowest BCUT2D eigenvalue weighted by molar-refractivity contribution is -0.534. The van der Waals surface area contributed by atoms with Gasteiger partial charge in [-0.3, -0.25) is 19.8 Å². The number of para-hydroxylation sites is 1. The van der Waals surface area contributed by atoms with Crippen molar-refractivity contribution in [2.75, 3.05) is 19.0 Å². The number of carbonyl (C=O) groups is 1. The molecule has 0 radical (unpaired) electrons. The van der Waals surface area contributed by atoms with Crippen LogP contribution in [0, 0.1) is 10.1 Å². The van der Waals surface area contributed by atoms with Gasteiger partial charge >= 0.3 is 0 Å². The van der Waals surface area contributed by atoms with Crippen molar-refractivity contribution in [1.29, 1.82) is 0 Å². The number of nitro groups is 1. The monoisotopic (exact) mass is 519 g/mol. The highest BCUT2D eigenvalue weighted by molar-refractivity contribution is 6.31. The maximum absolute atomic E-state index is 13.6. The Balaban J connectivity index is 1.40. The minimum absolute atomic E-state index is 0.146. The van der Waals surface area contributed by atoms with Gasteiger partial charge in [0.15, 0.2) is 17.0 Å². The van der Waals surface area contributed by atoms with Crippen LogP contribution in [0.2, 0.25) is 5.02 Å². The van der Waals surface area contributed by atoms with E-state index in [1.165, 1.54) is 0 Å². The molecule has 1 spiro atoms. The molecule has 0 aliphatic carbocycles. The van der Waals surface area contributed by atoms with Crippen LogP contribution in [-0.4, -0.2) is 41.5 Å². The second kappa shape index (κ2) is 9.04. The summed E-state index contributed by atoms with van der Waals surface area (Å²) >= 11 is 6.27. The maximum Gasteiger partial charge on any atom is 0.256 e. The van der Waals surface area contributed by atoms with E-state index in [0.717, 1.165) is 24.0 Å². The van der Waals surface area contributed by atoms with Crippen LogP contribution < -0.4 is 14.8 Å². The normalized spacial score (nSPS) is 26.1. The highest BCUT2D eigenvalue weighted by Crippen LogP contribution is 2.58. The van der Waals surface area contributed by atoms with E-state index >= 15 is 0 Å². The van der Waals surface area contributed by atoms with E-state index in [-0.39, 0.29) is 23.5 Å². The average molecular weight is 520 g/mol. The summed E-state index contributed by atoms with van der Waals surface area (Å²) in [5.41, 5.74) is 1.58. The number of anilines is 1. The molecule has 9 heteroatoms. The molecule has 3 aliphatic rings. The summed E-state index contributed by atoms with van der Waals surface area (Å²) in [5, 5.41) is 16.3. The first-order chi connectivity index (χ1) is 18.0. The summed E-state index contributed by atoms with van der Waals surface area (Å²) in [6.45, 7) is 0.885. The Morgan fingerprint density at radius 3 is 2.70 bits per heavy atom. The molecule has 2 fully saturated rings. The molecule has 3 aromatic rings. The molecule has 6 rings (SSSR count). The fraction of sp³-hybridized carbons (Fsp3) is 0.321. The first-order valence-corrected chi connectivity index (χ1v) is 12.7. The van der Waals surface area contributed by atoms with E-state index in [1.54, 1.807) is 19.2 Å². The quantitative estimate of drug-likeness (QED) is 0.364. The summed E-state index contributed by atoms with van der Waals surface area (Å²) in [6.07, 6.45) is 1.65. The fourth-order valence-corrected chi connectivity index (χ4v) is 6.75. The zero-order valence-electron chi connectivity index (χ0n) is 20.2. The lowest BCUT2D eigenvalue weighted by Gasteiger charge is -2.32. The van der Waals surface area contributed by atoms with Crippen molar-refractivity contribution in [1.82, 2.24) is 4.90 Å². The van der Waals surface area contributed by atoms with E-state index < -0.39 is 17.5 Å². The van der Waals surface area contributed by atoms with Crippen LogP contribution in [0.3, 0.4) is 0 Å². The molecule has 0 unspecified atom stereocenters. The number of carbonyl (C=O) groups excluding carboxylic acids is 1. The van der Waals surface area contributed by atoms with Crippen LogP contribution in [0.25, 0.3) is 0 Å². The molecule has 2 saturated heterocycles. The van der Waals surface area contributed by atoms with Crippen molar-refractivity contribution >= 4 is 23.2 Å². The van der Waals surface area contributed by atoms with Gasteiger partial charge in [0.25, 0.3) is 11.9 Å². The molecule has 190 valence electrons. The zero-order chi connectivity index (χ0) is 25.7. The number of hydrogen-bond acceptors (Lipinski definition) is 6. The summed E-state index contributed by atoms with van der Waals surface area (Å²) < 4.78 is 11.7. The second-order valence-electron chi connectivity index (χ2n) is 9.72. The number of methoxy groups -OCH3 is 1. The molecule has 0 saturated carbocycles. The molecule has 0 bridgehead atoms. The Hall–Kier alpha value is -3.62. The van der Waals surface area contributed by atoms with Gasteiger partial charge in [-0.1, -0.05) is 54.1 Å². The fourth-order valence-electron chi connectivity index (χ4n) is 6.56. The average Bonchev–Trinajstić information content (AvgIpc) is 3.56. The van der Waals surface area contributed by atoms with Crippen molar-refractivity contribution in [3.8, 4) is 11.5 Å². The summed E-state index contributed by atoms with van der Waals surface area (Å²) in [5.74, 6) is 0.176. The van der Waals surface area contributed by atoms with Gasteiger partial charge in [-0.15, -0.1) is 0 Å². The highest BCUT2D eigenvalue weighted by Gasteiger charge is 2.73. The third-order valence-corrected chi connectivity index (χ3v) is 8.38. The Labute approximate surface area is 219 Å². The topological polar surface area (TPSA) is 93.9 Å². The molecule has 3 heterocycles. The van der Waals surface area contributed by atoms with E-state index in [2.05, 4.69) is 10.2 Å². The lowest BCUT2D eigenvalue weighted by atomic mass is 9.77. The number of ether oxygens (including phenoxy) is 2. The molecular weight excluding hydrogens is 494 g/mol. The summed E-state index contributed by atoms with van der Waals surface area (Å²) in [4.78, 5) is 28.2. The summed E-state index contributed by atoms with van der Waals surface area (Å²) in [7, 11) is 1.55. The third-order valence-electron chi connectivity index (χ3n) is 8.01. The minimum atomic E-state index is -1.35. The molecule has 3 aliphatic heterocycles. The standard InChI is InChI=1S/C28H26ClN3O5/c1-36-24-15-17(12-13-23(24)37-16-18-7-2-4-9-20(18)29)25-22-11-6-14-31(22)28(26(25)32(34)35)19-8-3-5-10-21(19)30-27(28)33/h2-5,7-10,12-13,15,22,25-26H,6,11,14,16H2,1H3,(H,30,33)/t22-,25+,26+,28+/m0/s1. The maximum atomic E-state index is 13.6. The molecule has 37 heavy (non-hydrogen) atoms. The SMILES string of the molecule is COc1cc([C@@H]2[C@@H]3CCCN3[C@@]3(C(=O)Nc4ccccc43)[C@@H]2[N+](=O)[O-])ccc1OCc1ccccc1Cl. The number of nitrogens with one attached hydrogen (secondary N) is 1. The van der Waals surface area contributed by atoms with Gasteiger partial charge in [0.2, 0.25) is 0 Å².